The van der Waals surface area contributed by atoms with Crippen molar-refractivity contribution in [3.05, 3.63) is 30.1 Å². The summed E-state index contributed by atoms with van der Waals surface area (Å²) in [5.74, 6) is -0.400. The molecule has 0 heterocycles. The predicted octanol–water partition coefficient (Wildman–Crippen LogP) is 1.85. The summed E-state index contributed by atoms with van der Waals surface area (Å²) in [5.41, 5.74) is 0.388. The van der Waals surface area contributed by atoms with Gasteiger partial charge >= 0.3 is 6.03 Å². The Morgan fingerprint density at radius 1 is 1.57 bits per heavy atom. The molecule has 1 rings (SSSR count). The van der Waals surface area contributed by atoms with Crippen LogP contribution in [0.1, 0.15) is 0 Å². The lowest BCUT2D eigenvalue weighted by molar-refractivity contribution is -0.0598. The number of anilines is 1. The van der Waals surface area contributed by atoms with Gasteiger partial charge in [0.15, 0.2) is 0 Å². The third-order valence-corrected chi connectivity index (χ3v) is 1.64. The fourth-order valence-corrected chi connectivity index (χ4v) is 0.851. The molecule has 0 aliphatic rings. The van der Waals surface area contributed by atoms with Crippen LogP contribution in [0, 0.1) is 5.82 Å². The van der Waals surface area contributed by atoms with Crippen LogP contribution in [0.4, 0.5) is 14.9 Å². The number of carbonyl (C=O) groups is 1. The average Bonchev–Trinajstić information content (AvgIpc) is 2.16. The molecule has 0 atom stereocenters. The summed E-state index contributed by atoms with van der Waals surface area (Å²) in [6, 6.07) is 5.16. The van der Waals surface area contributed by atoms with Crippen LogP contribution >= 0.6 is 0 Å². The molecule has 5 heteroatoms. The van der Waals surface area contributed by atoms with Crippen LogP contribution in [0.3, 0.4) is 0 Å². The van der Waals surface area contributed by atoms with Crippen LogP contribution in [0.2, 0.25) is 0 Å². The van der Waals surface area contributed by atoms with E-state index in [-0.39, 0.29) is 0 Å². The van der Waals surface area contributed by atoms with Gasteiger partial charge in [0.1, 0.15) is 5.82 Å². The molecule has 0 aromatic heterocycles. The van der Waals surface area contributed by atoms with Gasteiger partial charge in [-0.15, -0.1) is 0 Å². The fourth-order valence-electron chi connectivity index (χ4n) is 0.851. The Kier molecular flexibility index (Phi) is 3.41. The van der Waals surface area contributed by atoms with Gasteiger partial charge in [-0.25, -0.2) is 14.2 Å². The van der Waals surface area contributed by atoms with E-state index in [4.69, 9.17) is 0 Å². The summed E-state index contributed by atoms with van der Waals surface area (Å²) in [4.78, 5) is 15.9. The second kappa shape index (κ2) is 4.57. The van der Waals surface area contributed by atoms with E-state index in [2.05, 4.69) is 10.2 Å². The highest BCUT2D eigenvalue weighted by Gasteiger charge is 2.07. The Bertz CT molecular complexity index is 330. The molecule has 4 nitrogen and oxygen atoms in total. The highest BCUT2D eigenvalue weighted by molar-refractivity contribution is 5.88. The smallest absolute Gasteiger partial charge is 0.306 e. The standard InChI is InChI=1S/C9H11FN2O2/c1-12(14-2)9(13)11-8-5-3-4-7(10)6-8/h3-6H,1-2H3,(H,11,13). The third-order valence-electron chi connectivity index (χ3n) is 1.64. The summed E-state index contributed by atoms with van der Waals surface area (Å²) in [6.45, 7) is 0. The molecular formula is C9H11FN2O2. The number of halogens is 1. The maximum atomic E-state index is 12.7. The molecule has 1 aromatic rings. The molecule has 1 N–H and O–H groups in total. The molecule has 0 bridgehead atoms. The molecule has 0 aliphatic heterocycles. The van der Waals surface area contributed by atoms with Gasteiger partial charge in [0.05, 0.1) is 7.11 Å². The number of carbonyl (C=O) groups excluding carboxylic acids is 1. The highest BCUT2D eigenvalue weighted by atomic mass is 19.1. The van der Waals surface area contributed by atoms with Gasteiger partial charge in [-0.05, 0) is 18.2 Å². The minimum absolute atomic E-state index is 0.388. The molecule has 0 aliphatic carbocycles. The zero-order valence-electron chi connectivity index (χ0n) is 7.95. The topological polar surface area (TPSA) is 41.6 Å². The maximum Gasteiger partial charge on any atom is 0.345 e. The summed E-state index contributed by atoms with van der Waals surface area (Å²) in [6.07, 6.45) is 0. The van der Waals surface area contributed by atoms with E-state index in [0.717, 1.165) is 5.06 Å². The molecule has 1 aromatic carbocycles. The van der Waals surface area contributed by atoms with E-state index in [9.17, 15) is 9.18 Å². The van der Waals surface area contributed by atoms with Crippen molar-refractivity contribution in [1.29, 1.82) is 0 Å². The predicted molar refractivity (Wildman–Crippen MR) is 50.2 cm³/mol. The Labute approximate surface area is 81.2 Å². The van der Waals surface area contributed by atoms with Crippen LogP contribution in [-0.4, -0.2) is 25.3 Å². The van der Waals surface area contributed by atoms with Crippen molar-refractivity contribution in [2.24, 2.45) is 0 Å². The van der Waals surface area contributed by atoms with Crippen molar-refractivity contribution in [3.8, 4) is 0 Å². The van der Waals surface area contributed by atoms with Crippen LogP contribution in [0.15, 0.2) is 24.3 Å². The van der Waals surface area contributed by atoms with Gasteiger partial charge in [0.25, 0.3) is 0 Å². The Morgan fingerprint density at radius 3 is 2.86 bits per heavy atom. The van der Waals surface area contributed by atoms with Crippen molar-refractivity contribution < 1.29 is 14.0 Å². The van der Waals surface area contributed by atoms with Gasteiger partial charge in [-0.2, -0.15) is 0 Å². The summed E-state index contributed by atoms with van der Waals surface area (Å²) in [5, 5.41) is 3.46. The van der Waals surface area contributed by atoms with Crippen molar-refractivity contribution in [1.82, 2.24) is 5.06 Å². The Hall–Kier alpha value is -1.62. The first-order chi connectivity index (χ1) is 6.63. The minimum atomic E-state index is -0.460. The van der Waals surface area contributed by atoms with Gasteiger partial charge in [0, 0.05) is 12.7 Å². The number of hydrogen-bond donors (Lipinski definition) is 1. The van der Waals surface area contributed by atoms with E-state index >= 15 is 0 Å². The van der Waals surface area contributed by atoms with Crippen molar-refractivity contribution in [3.63, 3.8) is 0 Å². The Balaban J connectivity index is 2.65. The molecule has 0 saturated heterocycles. The molecule has 0 radical (unpaired) electrons. The number of hydroxylamine groups is 2. The van der Waals surface area contributed by atoms with Crippen LogP contribution < -0.4 is 5.32 Å². The first kappa shape index (κ1) is 10.5. The molecule has 0 spiro atoms. The highest BCUT2D eigenvalue weighted by Crippen LogP contribution is 2.09. The van der Waals surface area contributed by atoms with Gasteiger partial charge < -0.3 is 5.32 Å². The second-order valence-electron chi connectivity index (χ2n) is 2.62. The fraction of sp³-hybridized carbons (Fsp3) is 0.222. The van der Waals surface area contributed by atoms with Crippen molar-refractivity contribution in [2.45, 2.75) is 0 Å². The van der Waals surface area contributed by atoms with Crippen LogP contribution in [0.25, 0.3) is 0 Å². The molecule has 76 valence electrons. The van der Waals surface area contributed by atoms with Crippen LogP contribution in [0.5, 0.6) is 0 Å². The number of amides is 2. The van der Waals surface area contributed by atoms with Crippen molar-refractivity contribution in [2.75, 3.05) is 19.5 Å². The molecule has 2 amide bonds. The van der Waals surface area contributed by atoms with E-state index in [1.165, 1.54) is 32.4 Å². The lowest BCUT2D eigenvalue weighted by atomic mass is 10.3. The molecule has 0 saturated carbocycles. The molecule has 0 unspecified atom stereocenters. The number of nitrogens with one attached hydrogen (secondary N) is 1. The SMILES string of the molecule is CON(C)C(=O)Nc1cccc(F)c1. The molecular weight excluding hydrogens is 187 g/mol. The lowest BCUT2D eigenvalue weighted by Gasteiger charge is -2.14. The normalized spacial score (nSPS) is 9.64. The number of benzene rings is 1. The number of hydrogen-bond acceptors (Lipinski definition) is 2. The molecule has 14 heavy (non-hydrogen) atoms. The largest absolute Gasteiger partial charge is 0.345 e. The first-order valence-corrected chi connectivity index (χ1v) is 3.98. The van der Waals surface area contributed by atoms with E-state index < -0.39 is 11.8 Å². The number of nitrogens with zero attached hydrogens (tertiary/aromatic N) is 1. The van der Waals surface area contributed by atoms with Crippen LogP contribution in [-0.2, 0) is 4.84 Å². The number of rotatable bonds is 2. The van der Waals surface area contributed by atoms with E-state index in [1.807, 2.05) is 0 Å². The molecule has 0 fully saturated rings. The summed E-state index contributed by atoms with van der Waals surface area (Å²) in [7, 11) is 2.82. The second-order valence-corrected chi connectivity index (χ2v) is 2.62. The zero-order valence-corrected chi connectivity index (χ0v) is 7.95. The monoisotopic (exact) mass is 198 g/mol. The average molecular weight is 198 g/mol. The van der Waals surface area contributed by atoms with Gasteiger partial charge in [-0.3, -0.25) is 4.84 Å². The van der Waals surface area contributed by atoms with Crippen molar-refractivity contribution >= 4 is 11.7 Å². The van der Waals surface area contributed by atoms with E-state index in [0.29, 0.717) is 5.69 Å². The Morgan fingerprint density at radius 2 is 2.29 bits per heavy atom. The maximum absolute atomic E-state index is 12.7. The quantitative estimate of drug-likeness (QED) is 0.737. The first-order valence-electron chi connectivity index (χ1n) is 3.98. The minimum Gasteiger partial charge on any atom is -0.306 e. The summed E-state index contributed by atoms with van der Waals surface area (Å²) >= 11 is 0. The van der Waals surface area contributed by atoms with Gasteiger partial charge in [0.2, 0.25) is 0 Å². The van der Waals surface area contributed by atoms with E-state index in [1.54, 1.807) is 6.07 Å². The van der Waals surface area contributed by atoms with Gasteiger partial charge in [-0.1, -0.05) is 6.07 Å². The lowest BCUT2D eigenvalue weighted by Crippen LogP contribution is -2.30. The summed E-state index contributed by atoms with van der Waals surface area (Å²) < 4.78 is 12.7. The number of urea groups is 1. The zero-order chi connectivity index (χ0) is 10.6. The third kappa shape index (κ3) is 2.70.